The summed E-state index contributed by atoms with van der Waals surface area (Å²) < 4.78 is 18.9. The van der Waals surface area contributed by atoms with E-state index in [-0.39, 0.29) is 12.3 Å². The number of ether oxygens (including phenoxy) is 1. The number of carbonyl (C=O) groups is 1. The van der Waals surface area contributed by atoms with Gasteiger partial charge in [0.05, 0.1) is 0 Å². The van der Waals surface area contributed by atoms with Gasteiger partial charge in [-0.1, -0.05) is 6.92 Å². The number of hydrogen-bond donors (Lipinski definition) is 3. The zero-order valence-corrected chi connectivity index (χ0v) is 9.34. The fourth-order valence-electron chi connectivity index (χ4n) is 2.09. The van der Waals surface area contributed by atoms with Gasteiger partial charge in [-0.2, -0.15) is 0 Å². The molecule has 96 valence electrons. The number of aliphatic hydroxyl groups is 2. The van der Waals surface area contributed by atoms with Crippen LogP contribution in [-0.4, -0.2) is 46.1 Å². The first-order valence-electron chi connectivity index (χ1n) is 5.38. The van der Waals surface area contributed by atoms with Crippen molar-refractivity contribution in [3.63, 3.8) is 0 Å². The lowest BCUT2D eigenvalue weighted by Gasteiger charge is -2.31. The summed E-state index contributed by atoms with van der Waals surface area (Å²) in [6, 6.07) is -0.556. The molecule has 0 radical (unpaired) electrons. The molecule has 2 aliphatic rings. The highest BCUT2D eigenvalue weighted by molar-refractivity contribution is 5.77. The molecule has 0 saturated carbocycles. The maximum atomic E-state index is 13.8. The van der Waals surface area contributed by atoms with E-state index in [4.69, 9.17) is 14.9 Å². The fraction of sp³-hybridized carbons (Fsp3) is 0.700. The lowest BCUT2D eigenvalue weighted by molar-refractivity contribution is -0.180. The molecule has 0 spiro atoms. The van der Waals surface area contributed by atoms with Gasteiger partial charge in [-0.3, -0.25) is 4.90 Å². The van der Waals surface area contributed by atoms with Crippen LogP contribution in [0.3, 0.4) is 0 Å². The van der Waals surface area contributed by atoms with Crippen molar-refractivity contribution in [1.82, 2.24) is 10.2 Å². The lowest BCUT2D eigenvalue weighted by Crippen LogP contribution is -2.51. The number of amides is 2. The molecular weight excluding hydrogens is 231 g/mol. The van der Waals surface area contributed by atoms with Gasteiger partial charge in [-0.05, 0) is 6.08 Å². The number of nitrogens with one attached hydrogen (secondary N) is 1. The van der Waals surface area contributed by atoms with Gasteiger partial charge in [0.15, 0.2) is 0 Å². The Balaban J connectivity index is 2.13. The highest BCUT2D eigenvalue weighted by Gasteiger charge is 2.48. The van der Waals surface area contributed by atoms with Gasteiger partial charge in [0.1, 0.15) is 19.1 Å². The smallest absolute Gasteiger partial charge is 0.325 e. The molecule has 0 aromatic carbocycles. The van der Waals surface area contributed by atoms with Crippen molar-refractivity contribution >= 4 is 6.03 Å². The van der Waals surface area contributed by atoms with Crippen LogP contribution in [0.5, 0.6) is 0 Å². The van der Waals surface area contributed by atoms with Crippen molar-refractivity contribution in [2.45, 2.75) is 31.7 Å². The van der Waals surface area contributed by atoms with Crippen LogP contribution in [0, 0.1) is 5.92 Å². The standard InChI is InChI=1S/C10H15FN2O4/c1-6-4-10(11,5-14)17-8(6)13-3-2-7(15)12-9(13)16/h2-3,6-8,14-15H,4-5H2,1H3,(H,12,16)/t6?,7?,8-,10+/m1/s1. The second-order valence-electron chi connectivity index (χ2n) is 4.37. The van der Waals surface area contributed by atoms with E-state index < -0.39 is 30.9 Å². The number of rotatable bonds is 2. The molecule has 1 fully saturated rings. The largest absolute Gasteiger partial charge is 0.390 e. The van der Waals surface area contributed by atoms with Crippen LogP contribution < -0.4 is 5.32 Å². The Morgan fingerprint density at radius 3 is 3.00 bits per heavy atom. The molecule has 0 aliphatic carbocycles. The van der Waals surface area contributed by atoms with Gasteiger partial charge < -0.3 is 20.3 Å². The van der Waals surface area contributed by atoms with E-state index in [9.17, 15) is 9.18 Å². The van der Waals surface area contributed by atoms with Crippen LogP contribution in [0.1, 0.15) is 13.3 Å². The Hall–Kier alpha value is -1.18. The van der Waals surface area contributed by atoms with Crippen molar-refractivity contribution in [1.29, 1.82) is 0 Å². The molecule has 2 unspecified atom stereocenters. The summed E-state index contributed by atoms with van der Waals surface area (Å²) in [5, 5.41) is 20.3. The number of urea groups is 1. The molecule has 2 amide bonds. The second-order valence-corrected chi connectivity index (χ2v) is 4.37. The van der Waals surface area contributed by atoms with Crippen LogP contribution >= 0.6 is 0 Å². The third kappa shape index (κ3) is 2.26. The first kappa shape index (κ1) is 12.3. The van der Waals surface area contributed by atoms with Crippen LogP contribution in [0.15, 0.2) is 12.3 Å². The quantitative estimate of drug-likeness (QED) is 0.634. The van der Waals surface area contributed by atoms with Crippen molar-refractivity contribution in [3.8, 4) is 0 Å². The minimum absolute atomic E-state index is 0.0222. The molecule has 2 aliphatic heterocycles. The molecule has 6 nitrogen and oxygen atoms in total. The summed E-state index contributed by atoms with van der Waals surface area (Å²) >= 11 is 0. The Morgan fingerprint density at radius 2 is 2.47 bits per heavy atom. The van der Waals surface area contributed by atoms with Gasteiger partial charge >= 0.3 is 6.03 Å². The Bertz CT molecular complexity index is 351. The third-order valence-electron chi connectivity index (χ3n) is 2.89. The maximum absolute atomic E-state index is 13.8. The average molecular weight is 246 g/mol. The van der Waals surface area contributed by atoms with E-state index in [1.165, 1.54) is 17.2 Å². The van der Waals surface area contributed by atoms with E-state index in [0.29, 0.717) is 0 Å². The third-order valence-corrected chi connectivity index (χ3v) is 2.89. The number of nitrogens with zero attached hydrogens (tertiary/aromatic N) is 1. The van der Waals surface area contributed by atoms with Crippen LogP contribution in [-0.2, 0) is 4.74 Å². The monoisotopic (exact) mass is 246 g/mol. The van der Waals surface area contributed by atoms with E-state index in [1.54, 1.807) is 6.92 Å². The molecule has 0 aromatic heterocycles. The highest BCUT2D eigenvalue weighted by Crippen LogP contribution is 2.37. The van der Waals surface area contributed by atoms with Crippen LogP contribution in [0.4, 0.5) is 9.18 Å². The number of halogens is 1. The van der Waals surface area contributed by atoms with E-state index >= 15 is 0 Å². The Kier molecular flexibility index (Phi) is 3.07. The molecule has 0 aromatic rings. The summed E-state index contributed by atoms with van der Waals surface area (Å²) in [6.45, 7) is 0.990. The number of aliphatic hydroxyl groups excluding tert-OH is 2. The summed E-state index contributed by atoms with van der Waals surface area (Å²) in [6.07, 6.45) is 0.913. The predicted octanol–water partition coefficient (Wildman–Crippen LogP) is -0.116. The first-order valence-corrected chi connectivity index (χ1v) is 5.38. The van der Waals surface area contributed by atoms with Crippen molar-refractivity contribution in [3.05, 3.63) is 12.3 Å². The summed E-state index contributed by atoms with van der Waals surface area (Å²) in [7, 11) is 0. The topological polar surface area (TPSA) is 82.0 Å². The molecule has 2 rings (SSSR count). The fourth-order valence-corrected chi connectivity index (χ4v) is 2.09. The lowest BCUT2D eigenvalue weighted by atomic mass is 10.0. The van der Waals surface area contributed by atoms with Crippen molar-refractivity contribution in [2.24, 2.45) is 5.92 Å². The molecule has 0 bridgehead atoms. The normalized spacial score (nSPS) is 41.8. The van der Waals surface area contributed by atoms with E-state index in [1.807, 2.05) is 0 Å². The SMILES string of the molecule is CC1C[C@@](F)(CO)O[C@H]1N1C=CC(O)NC1=O. The molecule has 17 heavy (non-hydrogen) atoms. The summed E-state index contributed by atoms with van der Waals surface area (Å²) in [5.74, 6) is -2.35. The Labute approximate surface area is 97.7 Å². The minimum atomic E-state index is -2.10. The zero-order chi connectivity index (χ0) is 12.6. The summed E-state index contributed by atoms with van der Waals surface area (Å²) in [4.78, 5) is 12.8. The summed E-state index contributed by atoms with van der Waals surface area (Å²) in [5.41, 5.74) is 0. The van der Waals surface area contributed by atoms with Gasteiger partial charge in [-0.15, -0.1) is 0 Å². The van der Waals surface area contributed by atoms with Crippen LogP contribution in [0.2, 0.25) is 0 Å². The molecular formula is C10H15FN2O4. The maximum Gasteiger partial charge on any atom is 0.325 e. The van der Waals surface area contributed by atoms with Gasteiger partial charge in [0.2, 0.25) is 5.85 Å². The van der Waals surface area contributed by atoms with Gasteiger partial charge in [0.25, 0.3) is 0 Å². The second kappa shape index (κ2) is 4.25. The Morgan fingerprint density at radius 1 is 1.76 bits per heavy atom. The molecule has 2 heterocycles. The molecule has 1 saturated heterocycles. The van der Waals surface area contributed by atoms with Gasteiger partial charge in [0, 0.05) is 18.5 Å². The van der Waals surface area contributed by atoms with Crippen molar-refractivity contribution < 1.29 is 24.1 Å². The van der Waals surface area contributed by atoms with Crippen molar-refractivity contribution in [2.75, 3.05) is 6.61 Å². The molecule has 7 heteroatoms. The van der Waals surface area contributed by atoms with E-state index in [2.05, 4.69) is 5.32 Å². The minimum Gasteiger partial charge on any atom is -0.390 e. The first-order chi connectivity index (χ1) is 7.95. The number of hydrogen-bond acceptors (Lipinski definition) is 4. The average Bonchev–Trinajstić information content (AvgIpc) is 2.55. The van der Waals surface area contributed by atoms with Gasteiger partial charge in [-0.25, -0.2) is 9.18 Å². The molecule has 3 N–H and O–H groups in total. The number of carbonyl (C=O) groups excluding carboxylic acids is 1. The predicted molar refractivity (Wildman–Crippen MR) is 55.1 cm³/mol. The number of alkyl halides is 1. The zero-order valence-electron chi connectivity index (χ0n) is 9.34. The van der Waals surface area contributed by atoms with E-state index in [0.717, 1.165) is 0 Å². The highest BCUT2D eigenvalue weighted by atomic mass is 19.2. The van der Waals surface area contributed by atoms with Crippen LogP contribution in [0.25, 0.3) is 0 Å². The molecule has 4 atom stereocenters.